The predicted molar refractivity (Wildman–Crippen MR) is 55.7 cm³/mol. The van der Waals surface area contributed by atoms with Gasteiger partial charge in [-0.2, -0.15) is 4.37 Å². The number of aryl methyl sites for hydroxylation is 1. The topological polar surface area (TPSA) is 51.6 Å². The van der Waals surface area contributed by atoms with Crippen molar-refractivity contribution < 1.29 is 0 Å². The van der Waals surface area contributed by atoms with Crippen LogP contribution in [0.15, 0.2) is 6.20 Å². The van der Waals surface area contributed by atoms with Crippen LogP contribution in [0.2, 0.25) is 10.4 Å². The Hall–Kier alpha value is -0.780. The molecule has 0 saturated heterocycles. The summed E-state index contributed by atoms with van der Waals surface area (Å²) in [6.07, 6.45) is 1.54. The van der Waals surface area contributed by atoms with Crippen LogP contribution in [0, 0.1) is 6.92 Å². The van der Waals surface area contributed by atoms with E-state index >= 15 is 0 Å². The number of aromatic nitrogens is 4. The molecule has 4 nitrogen and oxygen atoms in total. The van der Waals surface area contributed by atoms with E-state index in [0.717, 1.165) is 0 Å². The second kappa shape index (κ2) is 3.76. The zero-order valence-electron chi connectivity index (χ0n) is 7.03. The monoisotopic (exact) mass is 246 g/mol. The lowest BCUT2D eigenvalue weighted by Crippen LogP contribution is -1.87. The molecule has 0 spiro atoms. The van der Waals surface area contributed by atoms with Gasteiger partial charge in [-0.05, 0) is 30.1 Å². The molecule has 7 heteroatoms. The quantitative estimate of drug-likeness (QED) is 0.574. The van der Waals surface area contributed by atoms with E-state index in [1.54, 1.807) is 0 Å². The lowest BCUT2D eigenvalue weighted by atomic mass is 10.4. The van der Waals surface area contributed by atoms with E-state index in [2.05, 4.69) is 19.3 Å². The van der Waals surface area contributed by atoms with Crippen LogP contribution in [-0.2, 0) is 0 Å². The van der Waals surface area contributed by atoms with Crippen LogP contribution in [0.5, 0.6) is 0 Å². The van der Waals surface area contributed by atoms with Crippen LogP contribution < -0.4 is 0 Å². The first-order valence-corrected chi connectivity index (χ1v) is 5.18. The molecule has 14 heavy (non-hydrogen) atoms. The molecule has 0 aliphatic rings. The molecule has 0 bridgehead atoms. The molecule has 0 unspecified atom stereocenters. The Morgan fingerprint density at radius 1 is 1.29 bits per heavy atom. The maximum atomic E-state index is 5.88. The summed E-state index contributed by atoms with van der Waals surface area (Å²) < 4.78 is 4.04. The highest BCUT2D eigenvalue weighted by molar-refractivity contribution is 7.09. The highest BCUT2D eigenvalue weighted by Gasteiger charge is 2.10. The highest BCUT2D eigenvalue weighted by Crippen LogP contribution is 2.27. The van der Waals surface area contributed by atoms with E-state index in [1.165, 1.54) is 17.7 Å². The van der Waals surface area contributed by atoms with Crippen LogP contribution in [0.1, 0.15) is 5.82 Å². The number of hydrogen-bond donors (Lipinski definition) is 0. The SMILES string of the molecule is Cc1nsc(-c2cnc(Cl)nc2Cl)n1. The summed E-state index contributed by atoms with van der Waals surface area (Å²) in [4.78, 5) is 11.8. The van der Waals surface area contributed by atoms with Crippen LogP contribution in [0.25, 0.3) is 10.6 Å². The first-order chi connectivity index (χ1) is 6.66. The van der Waals surface area contributed by atoms with Gasteiger partial charge in [-0.15, -0.1) is 0 Å². The van der Waals surface area contributed by atoms with E-state index in [9.17, 15) is 0 Å². The molecule has 0 radical (unpaired) electrons. The van der Waals surface area contributed by atoms with Crippen molar-refractivity contribution in [3.8, 4) is 10.6 Å². The third-order valence-corrected chi connectivity index (χ3v) is 2.78. The van der Waals surface area contributed by atoms with Gasteiger partial charge in [-0.1, -0.05) is 11.6 Å². The van der Waals surface area contributed by atoms with Gasteiger partial charge in [0, 0.05) is 6.20 Å². The Morgan fingerprint density at radius 2 is 2.07 bits per heavy atom. The largest absolute Gasteiger partial charge is 0.226 e. The molecule has 72 valence electrons. The van der Waals surface area contributed by atoms with Crippen LogP contribution in [-0.4, -0.2) is 19.3 Å². The van der Waals surface area contributed by atoms with Gasteiger partial charge in [0.2, 0.25) is 5.28 Å². The summed E-state index contributed by atoms with van der Waals surface area (Å²) in [6.45, 7) is 1.81. The van der Waals surface area contributed by atoms with Crippen molar-refractivity contribution in [2.75, 3.05) is 0 Å². The molecule has 0 N–H and O–H groups in total. The summed E-state index contributed by atoms with van der Waals surface area (Å²) in [5.74, 6) is 0.705. The van der Waals surface area contributed by atoms with Crippen molar-refractivity contribution >= 4 is 34.7 Å². The molecule has 0 atom stereocenters. The second-order valence-corrected chi connectivity index (χ2v) is 3.94. The van der Waals surface area contributed by atoms with Gasteiger partial charge in [0.1, 0.15) is 16.0 Å². The van der Waals surface area contributed by atoms with E-state index < -0.39 is 0 Å². The molecule has 0 saturated carbocycles. The van der Waals surface area contributed by atoms with Gasteiger partial charge in [-0.25, -0.2) is 15.0 Å². The van der Waals surface area contributed by atoms with Gasteiger partial charge in [0.25, 0.3) is 0 Å². The zero-order valence-corrected chi connectivity index (χ0v) is 9.36. The van der Waals surface area contributed by atoms with Gasteiger partial charge in [-0.3, -0.25) is 0 Å². The summed E-state index contributed by atoms with van der Waals surface area (Å²) in [5, 5.41) is 1.12. The maximum Gasteiger partial charge on any atom is 0.223 e. The molecule has 2 heterocycles. The Labute approximate surface area is 94.1 Å². The number of halogens is 2. The molecule has 2 aromatic heterocycles. The summed E-state index contributed by atoms with van der Waals surface area (Å²) in [6, 6.07) is 0. The summed E-state index contributed by atoms with van der Waals surface area (Å²) in [5.41, 5.74) is 0.654. The van der Waals surface area contributed by atoms with E-state index in [-0.39, 0.29) is 5.28 Å². The lowest BCUT2D eigenvalue weighted by molar-refractivity contribution is 1.14. The minimum atomic E-state index is 0.125. The van der Waals surface area contributed by atoms with Gasteiger partial charge in [0.15, 0.2) is 0 Å². The fourth-order valence-electron chi connectivity index (χ4n) is 0.891. The Kier molecular flexibility index (Phi) is 2.62. The van der Waals surface area contributed by atoms with E-state index in [4.69, 9.17) is 23.2 Å². The highest BCUT2D eigenvalue weighted by atomic mass is 35.5. The van der Waals surface area contributed by atoms with E-state index in [0.29, 0.717) is 21.5 Å². The molecule has 2 rings (SSSR count). The first-order valence-electron chi connectivity index (χ1n) is 3.65. The minimum Gasteiger partial charge on any atom is -0.226 e. The summed E-state index contributed by atoms with van der Waals surface area (Å²) in [7, 11) is 0. The Bertz CT molecular complexity index is 470. The molecular formula is C7H4Cl2N4S. The van der Waals surface area contributed by atoms with Crippen molar-refractivity contribution in [1.82, 2.24) is 19.3 Å². The second-order valence-electron chi connectivity index (χ2n) is 2.49. The van der Waals surface area contributed by atoms with Crippen molar-refractivity contribution in [3.05, 3.63) is 22.5 Å². The number of rotatable bonds is 1. The average molecular weight is 247 g/mol. The van der Waals surface area contributed by atoms with Gasteiger partial charge >= 0.3 is 0 Å². The third kappa shape index (κ3) is 1.84. The standard InChI is InChI=1S/C7H4Cl2N4S/c1-3-11-6(14-13-3)4-2-10-7(9)12-5(4)8/h2H,1H3. The van der Waals surface area contributed by atoms with Crippen LogP contribution in [0.4, 0.5) is 0 Å². The smallest absolute Gasteiger partial charge is 0.223 e. The molecule has 0 aliphatic carbocycles. The molecular weight excluding hydrogens is 243 g/mol. The molecule has 0 amide bonds. The van der Waals surface area contributed by atoms with Crippen molar-refractivity contribution in [1.29, 1.82) is 0 Å². The molecule has 0 aliphatic heterocycles. The van der Waals surface area contributed by atoms with E-state index in [1.807, 2.05) is 6.92 Å². The normalized spacial score (nSPS) is 10.5. The first kappa shape index (κ1) is 9.76. The van der Waals surface area contributed by atoms with Crippen molar-refractivity contribution in [3.63, 3.8) is 0 Å². The molecule has 2 aromatic rings. The third-order valence-electron chi connectivity index (χ3n) is 1.47. The summed E-state index contributed by atoms with van der Waals surface area (Å²) >= 11 is 12.7. The average Bonchev–Trinajstić information content (AvgIpc) is 2.51. The Morgan fingerprint density at radius 3 is 2.64 bits per heavy atom. The fourth-order valence-corrected chi connectivity index (χ4v) is 2.02. The maximum absolute atomic E-state index is 5.88. The molecule has 0 fully saturated rings. The molecule has 0 aromatic carbocycles. The Balaban J connectivity index is 2.52. The van der Waals surface area contributed by atoms with Gasteiger partial charge in [0.05, 0.1) is 5.56 Å². The minimum absolute atomic E-state index is 0.125. The number of nitrogens with zero attached hydrogens (tertiary/aromatic N) is 4. The lowest BCUT2D eigenvalue weighted by Gasteiger charge is -1.97. The fraction of sp³-hybridized carbons (Fsp3) is 0.143. The van der Waals surface area contributed by atoms with Crippen molar-refractivity contribution in [2.24, 2.45) is 0 Å². The predicted octanol–water partition coefficient (Wildman–Crippen LogP) is 2.61. The van der Waals surface area contributed by atoms with Crippen molar-refractivity contribution in [2.45, 2.75) is 6.92 Å². The van der Waals surface area contributed by atoms with Crippen LogP contribution >= 0.6 is 34.7 Å². The number of hydrogen-bond acceptors (Lipinski definition) is 5. The van der Waals surface area contributed by atoms with Crippen LogP contribution in [0.3, 0.4) is 0 Å². The zero-order chi connectivity index (χ0) is 10.1. The van der Waals surface area contributed by atoms with Gasteiger partial charge < -0.3 is 0 Å².